The third-order valence-electron chi connectivity index (χ3n) is 3.23. The zero-order chi connectivity index (χ0) is 15.3. The maximum atomic E-state index is 12.2. The fourth-order valence-electron chi connectivity index (χ4n) is 1.97. The number of nitrogens with one attached hydrogen (secondary N) is 1. The third-order valence-corrected chi connectivity index (χ3v) is 4.28. The molecule has 0 heterocycles. The van der Waals surface area contributed by atoms with Gasteiger partial charge in [-0.2, -0.15) is 0 Å². The largest absolute Gasteiger partial charge is 0.341 e. The minimum atomic E-state index is -0.533. The van der Waals surface area contributed by atoms with Crippen LogP contribution >= 0.6 is 15.9 Å². The Labute approximate surface area is 128 Å². The van der Waals surface area contributed by atoms with Gasteiger partial charge in [0.1, 0.15) is 6.04 Å². The molecule has 5 heteroatoms. The number of benzene rings is 1. The van der Waals surface area contributed by atoms with Crippen molar-refractivity contribution in [2.24, 2.45) is 0 Å². The van der Waals surface area contributed by atoms with Crippen molar-refractivity contribution in [3.8, 4) is 0 Å². The standard InChI is InChI=1S/C15H21BrN2O2/c1-5-18(6-2)15(20)11(4)17-14(19)12-9-7-8-10(3)13(12)16/h7-9,11H,5-6H2,1-4H3,(H,17,19). The van der Waals surface area contributed by atoms with Crippen molar-refractivity contribution in [2.75, 3.05) is 13.1 Å². The lowest BCUT2D eigenvalue weighted by Crippen LogP contribution is -2.46. The molecule has 0 aliphatic carbocycles. The van der Waals surface area contributed by atoms with Gasteiger partial charge in [0, 0.05) is 17.6 Å². The Morgan fingerprint density at radius 2 is 1.90 bits per heavy atom. The van der Waals surface area contributed by atoms with Gasteiger partial charge in [-0.3, -0.25) is 9.59 Å². The van der Waals surface area contributed by atoms with Crippen LogP contribution in [0, 0.1) is 6.92 Å². The molecule has 1 atom stereocenters. The maximum Gasteiger partial charge on any atom is 0.253 e. The van der Waals surface area contributed by atoms with Crippen molar-refractivity contribution < 1.29 is 9.59 Å². The summed E-state index contributed by atoms with van der Waals surface area (Å²) in [7, 11) is 0. The highest BCUT2D eigenvalue weighted by Crippen LogP contribution is 2.20. The number of hydrogen-bond acceptors (Lipinski definition) is 2. The normalized spacial score (nSPS) is 11.8. The van der Waals surface area contributed by atoms with Gasteiger partial charge in [0.05, 0.1) is 5.56 Å². The second-order valence-corrected chi connectivity index (χ2v) is 5.44. The minimum Gasteiger partial charge on any atom is -0.341 e. The molecule has 0 aromatic heterocycles. The maximum absolute atomic E-state index is 12.2. The number of hydrogen-bond donors (Lipinski definition) is 1. The molecule has 1 unspecified atom stereocenters. The predicted octanol–water partition coefficient (Wildman–Crippen LogP) is 2.74. The molecule has 20 heavy (non-hydrogen) atoms. The Morgan fingerprint density at radius 1 is 1.30 bits per heavy atom. The first-order valence-corrected chi connectivity index (χ1v) is 7.56. The van der Waals surface area contributed by atoms with Crippen LogP contribution in [-0.4, -0.2) is 35.8 Å². The van der Waals surface area contributed by atoms with Crippen LogP contribution in [0.5, 0.6) is 0 Å². The smallest absolute Gasteiger partial charge is 0.253 e. The van der Waals surface area contributed by atoms with E-state index in [1.807, 2.05) is 32.9 Å². The van der Waals surface area contributed by atoms with Crippen LogP contribution in [0.2, 0.25) is 0 Å². The molecule has 0 bridgehead atoms. The van der Waals surface area contributed by atoms with E-state index in [2.05, 4.69) is 21.2 Å². The number of rotatable bonds is 5. The van der Waals surface area contributed by atoms with Crippen LogP contribution in [0.4, 0.5) is 0 Å². The fraction of sp³-hybridized carbons (Fsp3) is 0.467. The average molecular weight is 341 g/mol. The van der Waals surface area contributed by atoms with Gasteiger partial charge < -0.3 is 10.2 Å². The Kier molecular flexibility index (Phi) is 6.20. The highest BCUT2D eigenvalue weighted by molar-refractivity contribution is 9.10. The quantitative estimate of drug-likeness (QED) is 0.895. The summed E-state index contributed by atoms with van der Waals surface area (Å²) >= 11 is 3.41. The predicted molar refractivity (Wildman–Crippen MR) is 83.7 cm³/mol. The zero-order valence-electron chi connectivity index (χ0n) is 12.4. The lowest BCUT2D eigenvalue weighted by Gasteiger charge is -2.23. The van der Waals surface area contributed by atoms with Crippen molar-refractivity contribution in [3.05, 3.63) is 33.8 Å². The number of aryl methyl sites for hydroxylation is 1. The summed E-state index contributed by atoms with van der Waals surface area (Å²) in [4.78, 5) is 26.0. The molecule has 4 nitrogen and oxygen atoms in total. The van der Waals surface area contributed by atoms with Gasteiger partial charge in [-0.1, -0.05) is 12.1 Å². The first-order chi connectivity index (χ1) is 9.42. The van der Waals surface area contributed by atoms with E-state index in [4.69, 9.17) is 0 Å². The zero-order valence-corrected chi connectivity index (χ0v) is 14.0. The van der Waals surface area contributed by atoms with E-state index in [-0.39, 0.29) is 11.8 Å². The molecule has 0 saturated heterocycles. The first-order valence-electron chi connectivity index (χ1n) is 6.77. The molecular formula is C15H21BrN2O2. The highest BCUT2D eigenvalue weighted by Gasteiger charge is 2.21. The van der Waals surface area contributed by atoms with Crippen molar-refractivity contribution in [3.63, 3.8) is 0 Å². The fourth-order valence-corrected chi connectivity index (χ4v) is 2.41. The number of amides is 2. The summed E-state index contributed by atoms with van der Waals surface area (Å²) in [5.74, 6) is -0.305. The van der Waals surface area contributed by atoms with E-state index in [9.17, 15) is 9.59 Å². The summed E-state index contributed by atoms with van der Waals surface area (Å²) < 4.78 is 0.764. The lowest BCUT2D eigenvalue weighted by molar-refractivity contribution is -0.132. The summed E-state index contributed by atoms with van der Waals surface area (Å²) in [5.41, 5.74) is 1.53. The molecule has 1 rings (SSSR count). The van der Waals surface area contributed by atoms with Crippen LogP contribution in [0.25, 0.3) is 0 Å². The van der Waals surface area contributed by atoms with E-state index in [1.54, 1.807) is 17.9 Å². The second kappa shape index (κ2) is 7.43. The minimum absolute atomic E-state index is 0.0628. The molecule has 110 valence electrons. The van der Waals surface area contributed by atoms with Crippen molar-refractivity contribution in [1.82, 2.24) is 10.2 Å². The molecule has 0 radical (unpaired) electrons. The summed E-state index contributed by atoms with van der Waals surface area (Å²) in [6.45, 7) is 8.77. The Morgan fingerprint density at radius 3 is 2.45 bits per heavy atom. The molecule has 0 saturated carbocycles. The van der Waals surface area contributed by atoms with Crippen molar-refractivity contribution >= 4 is 27.7 Å². The molecule has 1 aromatic rings. The van der Waals surface area contributed by atoms with Gasteiger partial charge in [0.25, 0.3) is 5.91 Å². The number of nitrogens with zero attached hydrogens (tertiary/aromatic N) is 1. The monoisotopic (exact) mass is 340 g/mol. The number of carbonyl (C=O) groups excluding carboxylic acids is 2. The molecule has 0 aliphatic heterocycles. The van der Waals surface area contributed by atoms with Gasteiger partial charge >= 0.3 is 0 Å². The lowest BCUT2D eigenvalue weighted by atomic mass is 10.1. The molecule has 1 aromatic carbocycles. The Hall–Kier alpha value is -1.36. The van der Waals surface area contributed by atoms with Gasteiger partial charge in [-0.25, -0.2) is 0 Å². The number of likely N-dealkylation sites (N-methyl/N-ethyl adjacent to an activating group) is 1. The molecule has 2 amide bonds. The van der Waals surface area contributed by atoms with Crippen molar-refractivity contribution in [2.45, 2.75) is 33.7 Å². The third kappa shape index (κ3) is 3.82. The molecular weight excluding hydrogens is 320 g/mol. The van der Waals surface area contributed by atoms with Gasteiger partial charge in [0.2, 0.25) is 5.91 Å². The van der Waals surface area contributed by atoms with Gasteiger partial charge in [0.15, 0.2) is 0 Å². The van der Waals surface area contributed by atoms with E-state index in [0.717, 1.165) is 10.0 Å². The summed E-state index contributed by atoms with van der Waals surface area (Å²) in [5, 5.41) is 2.75. The van der Waals surface area contributed by atoms with Crippen molar-refractivity contribution in [1.29, 1.82) is 0 Å². The van der Waals surface area contributed by atoms with Crippen LogP contribution in [0.15, 0.2) is 22.7 Å². The first kappa shape index (κ1) is 16.7. The van der Waals surface area contributed by atoms with Gasteiger partial charge in [-0.05, 0) is 55.3 Å². The van der Waals surface area contributed by atoms with Crippen LogP contribution in [-0.2, 0) is 4.79 Å². The van der Waals surface area contributed by atoms with E-state index in [1.165, 1.54) is 0 Å². The SMILES string of the molecule is CCN(CC)C(=O)C(C)NC(=O)c1cccc(C)c1Br. The number of carbonyl (C=O) groups is 2. The molecule has 0 spiro atoms. The Balaban J connectivity index is 2.80. The van der Waals surface area contributed by atoms with Gasteiger partial charge in [-0.15, -0.1) is 0 Å². The van der Waals surface area contributed by atoms with Crippen LogP contribution < -0.4 is 5.32 Å². The summed E-state index contributed by atoms with van der Waals surface area (Å²) in [6.07, 6.45) is 0. The Bertz CT molecular complexity index is 499. The number of halogens is 1. The summed E-state index contributed by atoms with van der Waals surface area (Å²) in [6, 6.07) is 4.95. The average Bonchev–Trinajstić information content (AvgIpc) is 2.42. The molecule has 0 aliphatic rings. The molecule has 0 fully saturated rings. The van der Waals surface area contributed by atoms with Crippen LogP contribution in [0.3, 0.4) is 0 Å². The van der Waals surface area contributed by atoms with E-state index in [0.29, 0.717) is 18.7 Å². The topological polar surface area (TPSA) is 49.4 Å². The molecule has 1 N–H and O–H groups in total. The second-order valence-electron chi connectivity index (χ2n) is 4.64. The van der Waals surface area contributed by atoms with E-state index < -0.39 is 6.04 Å². The van der Waals surface area contributed by atoms with Crippen LogP contribution in [0.1, 0.15) is 36.7 Å². The highest BCUT2D eigenvalue weighted by atomic mass is 79.9. The van der Waals surface area contributed by atoms with E-state index >= 15 is 0 Å².